The van der Waals surface area contributed by atoms with Crippen LogP contribution in [0.4, 0.5) is 11.4 Å². The van der Waals surface area contributed by atoms with Crippen LogP contribution in [0.25, 0.3) is 6.08 Å². The highest BCUT2D eigenvalue weighted by Crippen LogP contribution is 2.38. The fourth-order valence-electron chi connectivity index (χ4n) is 3.43. The summed E-state index contributed by atoms with van der Waals surface area (Å²) in [6.45, 7) is 8.27. The van der Waals surface area contributed by atoms with Gasteiger partial charge in [-0.15, -0.1) is 0 Å². The van der Waals surface area contributed by atoms with Crippen LogP contribution in [-0.2, 0) is 4.79 Å². The molecule has 1 saturated heterocycles. The lowest BCUT2D eigenvalue weighted by atomic mass is 10.1. The minimum absolute atomic E-state index is 0.0799. The van der Waals surface area contributed by atoms with Crippen molar-refractivity contribution in [2.24, 2.45) is 4.99 Å². The van der Waals surface area contributed by atoms with Crippen LogP contribution in [-0.4, -0.2) is 18.2 Å². The second-order valence-corrected chi connectivity index (χ2v) is 8.97. The van der Waals surface area contributed by atoms with E-state index in [1.54, 1.807) is 12.0 Å². The van der Waals surface area contributed by atoms with E-state index in [0.717, 1.165) is 28.3 Å². The van der Waals surface area contributed by atoms with Crippen molar-refractivity contribution < 1.29 is 9.53 Å². The van der Waals surface area contributed by atoms with Crippen molar-refractivity contribution in [2.75, 3.05) is 12.0 Å². The first-order chi connectivity index (χ1) is 15.4. The molecule has 0 saturated carbocycles. The van der Waals surface area contributed by atoms with Crippen LogP contribution in [0.5, 0.6) is 5.75 Å². The number of rotatable bonds is 4. The second-order valence-electron chi connectivity index (χ2n) is 7.96. The maximum absolute atomic E-state index is 13.5. The van der Waals surface area contributed by atoms with Crippen LogP contribution < -0.4 is 9.64 Å². The summed E-state index contributed by atoms with van der Waals surface area (Å²) in [5.41, 5.74) is 7.28. The standard InChI is InChI=1S/C27H26N2O2S/c1-17-9-11-22(13-19(17)3)28-27-29(23-12-10-18(2)20(4)14-23)26(30)25(32-27)16-21-7-6-8-24(15-21)31-5/h6-16H,1-5H3/b25-16-,28-27?. The molecule has 1 amide bonds. The van der Waals surface area contributed by atoms with Crippen molar-refractivity contribution >= 4 is 40.3 Å². The number of amides is 1. The molecule has 1 heterocycles. The maximum Gasteiger partial charge on any atom is 0.271 e. The Bertz CT molecular complexity index is 1260. The molecule has 3 aromatic carbocycles. The molecule has 0 unspecified atom stereocenters. The Morgan fingerprint density at radius 3 is 2.28 bits per heavy atom. The number of nitrogens with zero attached hydrogens (tertiary/aromatic N) is 2. The van der Waals surface area contributed by atoms with Crippen molar-refractivity contribution in [3.8, 4) is 5.75 Å². The molecule has 5 heteroatoms. The molecule has 0 bridgehead atoms. The molecule has 1 aliphatic rings. The van der Waals surface area contributed by atoms with Gasteiger partial charge in [0.05, 0.1) is 23.4 Å². The van der Waals surface area contributed by atoms with Crippen LogP contribution in [0.15, 0.2) is 70.6 Å². The van der Waals surface area contributed by atoms with E-state index >= 15 is 0 Å². The molecule has 0 N–H and O–H groups in total. The number of ether oxygens (including phenoxy) is 1. The highest BCUT2D eigenvalue weighted by atomic mass is 32.2. The number of amidine groups is 1. The van der Waals surface area contributed by atoms with E-state index in [0.29, 0.717) is 10.1 Å². The summed E-state index contributed by atoms with van der Waals surface area (Å²) in [6.07, 6.45) is 1.90. The molecule has 1 aliphatic heterocycles. The number of aryl methyl sites for hydroxylation is 4. The minimum atomic E-state index is -0.0799. The molecular weight excluding hydrogens is 416 g/mol. The summed E-state index contributed by atoms with van der Waals surface area (Å²) in [6, 6.07) is 19.8. The van der Waals surface area contributed by atoms with Gasteiger partial charge in [-0.3, -0.25) is 9.69 Å². The van der Waals surface area contributed by atoms with E-state index in [1.165, 1.54) is 28.5 Å². The molecule has 1 fully saturated rings. The smallest absolute Gasteiger partial charge is 0.271 e. The summed E-state index contributed by atoms with van der Waals surface area (Å²) >= 11 is 1.39. The summed E-state index contributed by atoms with van der Waals surface area (Å²) in [7, 11) is 1.64. The third kappa shape index (κ3) is 4.48. The monoisotopic (exact) mass is 442 g/mol. The van der Waals surface area contributed by atoms with E-state index < -0.39 is 0 Å². The molecule has 4 rings (SSSR count). The summed E-state index contributed by atoms with van der Waals surface area (Å²) < 4.78 is 5.33. The van der Waals surface area contributed by atoms with Gasteiger partial charge >= 0.3 is 0 Å². The highest BCUT2D eigenvalue weighted by Gasteiger charge is 2.35. The van der Waals surface area contributed by atoms with Gasteiger partial charge in [-0.25, -0.2) is 4.99 Å². The zero-order chi connectivity index (χ0) is 22.8. The molecule has 0 aliphatic carbocycles. The highest BCUT2D eigenvalue weighted by molar-refractivity contribution is 8.19. The quantitative estimate of drug-likeness (QED) is 0.420. The van der Waals surface area contributed by atoms with Crippen molar-refractivity contribution in [1.29, 1.82) is 0 Å². The van der Waals surface area contributed by atoms with Crippen LogP contribution in [0.1, 0.15) is 27.8 Å². The molecular formula is C27H26N2O2S. The first-order valence-electron chi connectivity index (χ1n) is 10.5. The van der Waals surface area contributed by atoms with E-state index in [2.05, 4.69) is 39.8 Å². The lowest BCUT2D eigenvalue weighted by molar-refractivity contribution is -0.113. The first-order valence-corrected chi connectivity index (χ1v) is 11.3. The van der Waals surface area contributed by atoms with Crippen LogP contribution in [0, 0.1) is 27.7 Å². The summed E-state index contributed by atoms with van der Waals surface area (Å²) in [4.78, 5) is 20.7. The van der Waals surface area contributed by atoms with E-state index in [9.17, 15) is 4.79 Å². The van der Waals surface area contributed by atoms with Gasteiger partial charge in [0, 0.05) is 0 Å². The van der Waals surface area contributed by atoms with Crippen molar-refractivity contribution in [3.63, 3.8) is 0 Å². The topological polar surface area (TPSA) is 41.9 Å². The number of methoxy groups -OCH3 is 1. The first kappa shape index (κ1) is 21.9. The molecule has 0 radical (unpaired) electrons. The van der Waals surface area contributed by atoms with Gasteiger partial charge in [-0.05, 0) is 110 Å². The van der Waals surface area contributed by atoms with Gasteiger partial charge in [0.2, 0.25) is 0 Å². The Morgan fingerprint density at radius 2 is 1.59 bits per heavy atom. The van der Waals surface area contributed by atoms with Crippen molar-refractivity contribution in [2.45, 2.75) is 27.7 Å². The Morgan fingerprint density at radius 1 is 0.875 bits per heavy atom. The second kappa shape index (κ2) is 9.05. The Labute approximate surface area is 193 Å². The Hall–Kier alpha value is -3.31. The van der Waals surface area contributed by atoms with Crippen LogP contribution in [0.3, 0.4) is 0 Å². The lowest BCUT2D eigenvalue weighted by Gasteiger charge is -2.17. The fraction of sp³-hybridized carbons (Fsp3) is 0.185. The minimum Gasteiger partial charge on any atom is -0.497 e. The van der Waals surface area contributed by atoms with Gasteiger partial charge < -0.3 is 4.74 Å². The molecule has 0 spiro atoms. The van der Waals surface area contributed by atoms with Gasteiger partial charge in [0.25, 0.3) is 5.91 Å². The SMILES string of the molecule is COc1cccc(/C=C2\SC(=Nc3ccc(C)c(C)c3)N(c3ccc(C)c(C)c3)C2=O)c1. The molecule has 0 aromatic heterocycles. The van der Waals surface area contributed by atoms with Crippen LogP contribution in [0.2, 0.25) is 0 Å². The van der Waals surface area contributed by atoms with Crippen molar-refractivity contribution in [3.05, 3.63) is 93.4 Å². The van der Waals surface area contributed by atoms with E-state index in [-0.39, 0.29) is 5.91 Å². The molecule has 3 aromatic rings. The molecule has 4 nitrogen and oxygen atoms in total. The average molecular weight is 443 g/mol. The maximum atomic E-state index is 13.5. The van der Waals surface area contributed by atoms with E-state index in [1.807, 2.05) is 54.6 Å². The van der Waals surface area contributed by atoms with Gasteiger partial charge in [0.15, 0.2) is 5.17 Å². The number of aliphatic imine (C=N–C) groups is 1. The number of carbonyl (C=O) groups excluding carboxylic acids is 1. The fourth-order valence-corrected chi connectivity index (χ4v) is 4.43. The molecule has 0 atom stereocenters. The number of anilines is 1. The molecule has 32 heavy (non-hydrogen) atoms. The summed E-state index contributed by atoms with van der Waals surface area (Å²) in [5, 5.41) is 0.649. The Kier molecular flexibility index (Phi) is 6.19. The van der Waals surface area contributed by atoms with Gasteiger partial charge in [0.1, 0.15) is 5.75 Å². The zero-order valence-electron chi connectivity index (χ0n) is 19.0. The zero-order valence-corrected chi connectivity index (χ0v) is 19.8. The number of thioether (sulfide) groups is 1. The Balaban J connectivity index is 1.80. The number of carbonyl (C=O) groups is 1. The molecule has 162 valence electrons. The number of hydrogen-bond acceptors (Lipinski definition) is 4. The lowest BCUT2D eigenvalue weighted by Crippen LogP contribution is -2.28. The van der Waals surface area contributed by atoms with E-state index in [4.69, 9.17) is 9.73 Å². The van der Waals surface area contributed by atoms with Gasteiger partial charge in [-0.2, -0.15) is 0 Å². The van der Waals surface area contributed by atoms with Crippen LogP contribution >= 0.6 is 11.8 Å². The third-order valence-corrected chi connectivity index (χ3v) is 6.63. The van der Waals surface area contributed by atoms with Crippen molar-refractivity contribution in [1.82, 2.24) is 0 Å². The number of benzene rings is 3. The summed E-state index contributed by atoms with van der Waals surface area (Å²) in [5.74, 6) is 0.675. The normalized spacial score (nSPS) is 16.3. The largest absolute Gasteiger partial charge is 0.497 e. The average Bonchev–Trinajstić information content (AvgIpc) is 3.07. The number of hydrogen-bond donors (Lipinski definition) is 0. The van der Waals surface area contributed by atoms with Gasteiger partial charge in [-0.1, -0.05) is 24.3 Å². The third-order valence-electron chi connectivity index (χ3n) is 5.66. The predicted octanol–water partition coefficient (Wildman–Crippen LogP) is 6.74. The predicted molar refractivity (Wildman–Crippen MR) is 135 cm³/mol.